The number of nitrogens with zero attached hydrogens (tertiary/aromatic N) is 2. The highest BCUT2D eigenvalue weighted by Gasteiger charge is 2.09. The van der Waals surface area contributed by atoms with E-state index in [0.29, 0.717) is 5.95 Å². The van der Waals surface area contributed by atoms with Crippen molar-refractivity contribution in [3.63, 3.8) is 0 Å². The molecule has 0 radical (unpaired) electrons. The van der Waals surface area contributed by atoms with Crippen LogP contribution in [0.25, 0.3) is 11.0 Å². The molecule has 0 saturated carbocycles. The number of benzene rings is 1. The molecule has 0 saturated heterocycles. The molecule has 0 aliphatic rings. The number of rotatable bonds is 4. The van der Waals surface area contributed by atoms with Gasteiger partial charge in [-0.3, -0.25) is 0 Å². The average molecular weight is 352 g/mol. The zero-order chi connectivity index (χ0) is 14.1. The summed E-state index contributed by atoms with van der Waals surface area (Å²) < 4.78 is 8.41. The first kappa shape index (κ1) is 13.5. The lowest BCUT2D eigenvalue weighted by molar-refractivity contribution is 0.415. The van der Waals surface area contributed by atoms with Crippen LogP contribution in [-0.4, -0.2) is 16.7 Å². The molecule has 3 rings (SSSR count). The molecule has 0 atom stereocenters. The quantitative estimate of drug-likeness (QED) is 0.779. The van der Waals surface area contributed by atoms with E-state index in [4.69, 9.17) is 10.5 Å². The summed E-state index contributed by atoms with van der Waals surface area (Å²) in [4.78, 5) is 5.72. The highest BCUT2D eigenvalue weighted by Crippen LogP contribution is 2.25. The molecule has 2 heterocycles. The third kappa shape index (κ3) is 2.53. The van der Waals surface area contributed by atoms with Crippen LogP contribution in [0.15, 0.2) is 34.1 Å². The first-order valence-corrected chi connectivity index (χ1v) is 7.82. The summed E-state index contributed by atoms with van der Waals surface area (Å²) in [5, 5.41) is 0. The summed E-state index contributed by atoms with van der Waals surface area (Å²) in [6, 6.07) is 10.0. The van der Waals surface area contributed by atoms with Crippen LogP contribution < -0.4 is 10.5 Å². The van der Waals surface area contributed by atoms with Crippen molar-refractivity contribution in [2.24, 2.45) is 0 Å². The van der Waals surface area contributed by atoms with E-state index in [2.05, 4.69) is 33.0 Å². The number of fused-ring (bicyclic) bond motifs is 1. The third-order valence-electron chi connectivity index (χ3n) is 3.20. The SMILES string of the molecule is COc1ccc2c(c1)nc(N)n2CCc1ccc(Br)s1. The Morgan fingerprint density at radius 2 is 2.20 bits per heavy atom. The van der Waals surface area contributed by atoms with Gasteiger partial charge in [0.2, 0.25) is 5.95 Å². The van der Waals surface area contributed by atoms with Gasteiger partial charge in [0.05, 0.1) is 21.9 Å². The van der Waals surface area contributed by atoms with E-state index in [1.807, 2.05) is 22.8 Å². The fraction of sp³-hybridized carbons (Fsp3) is 0.214. The van der Waals surface area contributed by atoms with Gasteiger partial charge in [0.1, 0.15) is 5.75 Å². The van der Waals surface area contributed by atoms with Gasteiger partial charge in [-0.1, -0.05) is 0 Å². The Hall–Kier alpha value is -1.53. The molecule has 1 aromatic carbocycles. The number of hydrogen-bond acceptors (Lipinski definition) is 4. The topological polar surface area (TPSA) is 53.1 Å². The lowest BCUT2D eigenvalue weighted by Crippen LogP contribution is -2.05. The zero-order valence-corrected chi connectivity index (χ0v) is 13.4. The van der Waals surface area contributed by atoms with Crippen molar-refractivity contribution in [1.82, 2.24) is 9.55 Å². The average Bonchev–Trinajstić information content (AvgIpc) is 2.98. The smallest absolute Gasteiger partial charge is 0.201 e. The molecule has 4 nitrogen and oxygen atoms in total. The van der Waals surface area contributed by atoms with E-state index in [1.165, 1.54) is 4.88 Å². The third-order valence-corrected chi connectivity index (χ3v) is 4.88. The van der Waals surface area contributed by atoms with Crippen molar-refractivity contribution in [2.45, 2.75) is 13.0 Å². The van der Waals surface area contributed by atoms with Crippen molar-refractivity contribution in [2.75, 3.05) is 12.8 Å². The van der Waals surface area contributed by atoms with Crippen LogP contribution in [0.1, 0.15) is 4.88 Å². The molecule has 0 spiro atoms. The predicted molar refractivity (Wildman–Crippen MR) is 86.4 cm³/mol. The molecule has 2 N–H and O–H groups in total. The number of anilines is 1. The lowest BCUT2D eigenvalue weighted by atomic mass is 10.3. The Morgan fingerprint density at radius 1 is 1.35 bits per heavy atom. The normalized spacial score (nSPS) is 11.1. The Balaban J connectivity index is 1.89. The van der Waals surface area contributed by atoms with Crippen LogP contribution in [-0.2, 0) is 13.0 Å². The maximum atomic E-state index is 6.02. The monoisotopic (exact) mass is 351 g/mol. The number of imidazole rings is 1. The van der Waals surface area contributed by atoms with Crippen molar-refractivity contribution >= 4 is 44.2 Å². The molecule has 2 aromatic heterocycles. The van der Waals surface area contributed by atoms with Gasteiger partial charge in [-0.2, -0.15) is 0 Å². The van der Waals surface area contributed by atoms with E-state index in [1.54, 1.807) is 18.4 Å². The van der Waals surface area contributed by atoms with E-state index in [9.17, 15) is 0 Å². The van der Waals surface area contributed by atoms with Crippen LogP contribution in [0.5, 0.6) is 5.75 Å². The van der Waals surface area contributed by atoms with Crippen LogP contribution in [0, 0.1) is 0 Å². The van der Waals surface area contributed by atoms with Gasteiger partial charge in [-0.15, -0.1) is 11.3 Å². The number of thiophene rings is 1. The van der Waals surface area contributed by atoms with Crippen molar-refractivity contribution in [1.29, 1.82) is 0 Å². The number of methoxy groups -OCH3 is 1. The predicted octanol–water partition coefficient (Wildman–Crippen LogP) is 3.69. The number of ether oxygens (including phenoxy) is 1. The van der Waals surface area contributed by atoms with Crippen LogP contribution in [0.4, 0.5) is 5.95 Å². The molecule has 0 fully saturated rings. The lowest BCUT2D eigenvalue weighted by Gasteiger charge is -2.05. The molecule has 0 bridgehead atoms. The molecule has 20 heavy (non-hydrogen) atoms. The molecule has 0 unspecified atom stereocenters. The first-order chi connectivity index (χ1) is 9.67. The standard InChI is InChI=1S/C14H14BrN3OS/c1-19-9-2-4-12-11(8-9)17-14(16)18(12)7-6-10-3-5-13(15)20-10/h2-5,8H,6-7H2,1H3,(H2,16,17). The number of hydrogen-bond donors (Lipinski definition) is 1. The molecule has 0 aliphatic carbocycles. The second kappa shape index (κ2) is 5.46. The number of halogens is 1. The minimum Gasteiger partial charge on any atom is -0.497 e. The fourth-order valence-corrected chi connectivity index (χ4v) is 3.67. The summed E-state index contributed by atoms with van der Waals surface area (Å²) >= 11 is 5.23. The Morgan fingerprint density at radius 3 is 2.90 bits per heavy atom. The molecule has 3 aromatic rings. The minimum atomic E-state index is 0.545. The summed E-state index contributed by atoms with van der Waals surface area (Å²) in [6.45, 7) is 0.821. The van der Waals surface area contributed by atoms with Crippen LogP contribution >= 0.6 is 27.3 Å². The Kier molecular flexibility index (Phi) is 3.67. The molecule has 0 aliphatic heterocycles. The van der Waals surface area contributed by atoms with Crippen molar-refractivity contribution in [3.05, 3.63) is 39.0 Å². The summed E-state index contributed by atoms with van der Waals surface area (Å²) in [5.41, 5.74) is 7.93. The summed E-state index contributed by atoms with van der Waals surface area (Å²) in [7, 11) is 1.65. The number of aryl methyl sites for hydroxylation is 2. The fourth-order valence-electron chi connectivity index (χ4n) is 2.20. The van der Waals surface area contributed by atoms with E-state index in [0.717, 1.165) is 33.5 Å². The highest BCUT2D eigenvalue weighted by molar-refractivity contribution is 9.11. The van der Waals surface area contributed by atoms with Crippen molar-refractivity contribution in [3.8, 4) is 5.75 Å². The number of nitrogen functional groups attached to an aromatic ring is 1. The van der Waals surface area contributed by atoms with Gasteiger partial charge < -0.3 is 15.0 Å². The summed E-state index contributed by atoms with van der Waals surface area (Å²) in [5.74, 6) is 1.34. The van der Waals surface area contributed by atoms with Gasteiger partial charge >= 0.3 is 0 Å². The van der Waals surface area contributed by atoms with E-state index in [-0.39, 0.29) is 0 Å². The molecule has 6 heteroatoms. The number of nitrogens with two attached hydrogens (primary N) is 1. The van der Waals surface area contributed by atoms with Gasteiger partial charge in [0.15, 0.2) is 0 Å². The van der Waals surface area contributed by atoms with Gasteiger partial charge in [-0.05, 0) is 46.6 Å². The van der Waals surface area contributed by atoms with E-state index >= 15 is 0 Å². The highest BCUT2D eigenvalue weighted by atomic mass is 79.9. The molecule has 104 valence electrons. The second-order valence-electron chi connectivity index (χ2n) is 4.43. The van der Waals surface area contributed by atoms with Crippen LogP contribution in [0.3, 0.4) is 0 Å². The largest absolute Gasteiger partial charge is 0.497 e. The maximum absolute atomic E-state index is 6.02. The second-order valence-corrected chi connectivity index (χ2v) is 6.98. The van der Waals surface area contributed by atoms with Crippen molar-refractivity contribution < 1.29 is 4.74 Å². The maximum Gasteiger partial charge on any atom is 0.201 e. The molecular weight excluding hydrogens is 338 g/mol. The van der Waals surface area contributed by atoms with Gasteiger partial charge in [0.25, 0.3) is 0 Å². The van der Waals surface area contributed by atoms with Gasteiger partial charge in [-0.25, -0.2) is 4.98 Å². The van der Waals surface area contributed by atoms with Gasteiger partial charge in [0, 0.05) is 17.5 Å². The Labute approximate surface area is 129 Å². The first-order valence-electron chi connectivity index (χ1n) is 6.21. The number of aromatic nitrogens is 2. The van der Waals surface area contributed by atoms with E-state index < -0.39 is 0 Å². The minimum absolute atomic E-state index is 0.545. The summed E-state index contributed by atoms with van der Waals surface area (Å²) in [6.07, 6.45) is 0.942. The molecular formula is C14H14BrN3OS. The molecule has 0 amide bonds. The van der Waals surface area contributed by atoms with Crippen LogP contribution in [0.2, 0.25) is 0 Å². The zero-order valence-electron chi connectivity index (χ0n) is 11.0. The Bertz CT molecular complexity index is 750.